The molecule has 0 fully saturated rings. The number of fused-ring (bicyclic) bond motifs is 1. The van der Waals surface area contributed by atoms with Crippen molar-refractivity contribution in [3.8, 4) is 5.75 Å². The highest BCUT2D eigenvalue weighted by molar-refractivity contribution is 6.12. The second kappa shape index (κ2) is 5.84. The number of esters is 1. The summed E-state index contributed by atoms with van der Waals surface area (Å²) in [6.07, 6.45) is 1.40. The third-order valence-corrected chi connectivity index (χ3v) is 3.57. The van der Waals surface area contributed by atoms with E-state index in [9.17, 15) is 14.0 Å². The molecule has 0 bridgehead atoms. The summed E-state index contributed by atoms with van der Waals surface area (Å²) in [4.78, 5) is 28.2. The van der Waals surface area contributed by atoms with E-state index in [1.54, 1.807) is 17.8 Å². The minimum atomic E-state index is -0.596. The molecule has 3 rings (SSSR count). The summed E-state index contributed by atoms with van der Waals surface area (Å²) in [5, 5.41) is 4.98. The number of nitrogens with zero attached hydrogens (tertiary/aromatic N) is 3. The Morgan fingerprint density at radius 1 is 1.25 bits per heavy atom. The van der Waals surface area contributed by atoms with Crippen LogP contribution in [0.15, 0.2) is 30.5 Å². The Labute approximate surface area is 136 Å². The van der Waals surface area contributed by atoms with Crippen LogP contribution >= 0.6 is 0 Å². The summed E-state index contributed by atoms with van der Waals surface area (Å²) in [7, 11) is 1.76. The summed E-state index contributed by atoms with van der Waals surface area (Å²) in [5.41, 5.74) is 1.60. The van der Waals surface area contributed by atoms with Gasteiger partial charge < -0.3 is 4.74 Å². The van der Waals surface area contributed by atoms with E-state index in [0.717, 1.165) is 23.2 Å². The van der Waals surface area contributed by atoms with Crippen molar-refractivity contribution in [2.24, 2.45) is 7.05 Å². The van der Waals surface area contributed by atoms with Gasteiger partial charge >= 0.3 is 5.97 Å². The fraction of sp³-hybridized carbons (Fsp3) is 0.176. The molecular formula is C17H14FN3O3. The molecule has 0 amide bonds. The number of aromatic nitrogens is 3. The molecule has 0 aliphatic rings. The third-order valence-electron chi connectivity index (χ3n) is 3.57. The van der Waals surface area contributed by atoms with Crippen LogP contribution in [0.25, 0.3) is 11.0 Å². The molecule has 0 N–H and O–H groups in total. The molecule has 1 aromatic carbocycles. The molecule has 0 aliphatic carbocycles. The zero-order valence-electron chi connectivity index (χ0n) is 13.3. The average Bonchev–Trinajstić information content (AvgIpc) is 2.82. The zero-order valence-corrected chi connectivity index (χ0v) is 13.3. The monoisotopic (exact) mass is 327 g/mol. The molecule has 0 unspecified atom stereocenters. The van der Waals surface area contributed by atoms with Gasteiger partial charge in [0.1, 0.15) is 11.6 Å². The van der Waals surface area contributed by atoms with Gasteiger partial charge in [0.15, 0.2) is 11.4 Å². The highest BCUT2D eigenvalue weighted by atomic mass is 19.1. The molecule has 3 aromatic rings. The van der Waals surface area contributed by atoms with Crippen LogP contribution in [0.5, 0.6) is 5.75 Å². The van der Waals surface area contributed by atoms with Gasteiger partial charge in [0.25, 0.3) is 0 Å². The maximum absolute atomic E-state index is 13.6. The van der Waals surface area contributed by atoms with E-state index in [1.807, 2.05) is 6.92 Å². The van der Waals surface area contributed by atoms with Crippen LogP contribution in [0.3, 0.4) is 0 Å². The molecule has 0 radical (unpaired) electrons. The number of ketones is 1. The van der Waals surface area contributed by atoms with Crippen molar-refractivity contribution < 1.29 is 18.7 Å². The number of pyridine rings is 1. The summed E-state index contributed by atoms with van der Waals surface area (Å²) < 4.78 is 20.2. The molecule has 0 saturated carbocycles. The Morgan fingerprint density at radius 3 is 2.71 bits per heavy atom. The first-order valence-electron chi connectivity index (χ1n) is 7.19. The number of benzene rings is 1. The Morgan fingerprint density at radius 2 is 2.00 bits per heavy atom. The molecule has 6 nitrogen and oxygen atoms in total. The fourth-order valence-electron chi connectivity index (χ4n) is 2.51. The molecule has 0 aliphatic heterocycles. The van der Waals surface area contributed by atoms with Crippen molar-refractivity contribution in [1.82, 2.24) is 14.8 Å². The van der Waals surface area contributed by atoms with E-state index in [0.29, 0.717) is 5.65 Å². The van der Waals surface area contributed by atoms with Crippen LogP contribution in [-0.4, -0.2) is 26.5 Å². The number of hydrogen-bond donors (Lipinski definition) is 0. The van der Waals surface area contributed by atoms with Gasteiger partial charge in [-0.3, -0.25) is 14.3 Å². The van der Waals surface area contributed by atoms with E-state index < -0.39 is 17.6 Å². The maximum atomic E-state index is 13.6. The van der Waals surface area contributed by atoms with Gasteiger partial charge in [0.2, 0.25) is 0 Å². The van der Waals surface area contributed by atoms with Gasteiger partial charge in [-0.25, -0.2) is 9.37 Å². The topological polar surface area (TPSA) is 74.1 Å². The molecule has 0 atom stereocenters. The van der Waals surface area contributed by atoms with Crippen molar-refractivity contribution in [1.29, 1.82) is 0 Å². The summed E-state index contributed by atoms with van der Waals surface area (Å²) in [6.45, 7) is 3.02. The third kappa shape index (κ3) is 2.76. The molecule has 0 spiro atoms. The highest BCUT2D eigenvalue weighted by Crippen LogP contribution is 2.25. The normalized spacial score (nSPS) is 10.8. The van der Waals surface area contributed by atoms with Gasteiger partial charge in [-0.05, 0) is 31.2 Å². The van der Waals surface area contributed by atoms with E-state index in [4.69, 9.17) is 4.74 Å². The van der Waals surface area contributed by atoms with E-state index >= 15 is 0 Å². The van der Waals surface area contributed by atoms with Crippen LogP contribution in [-0.2, 0) is 11.8 Å². The number of ether oxygens (including phenoxy) is 1. The van der Waals surface area contributed by atoms with Crippen LogP contribution in [0.4, 0.5) is 4.39 Å². The lowest BCUT2D eigenvalue weighted by Crippen LogP contribution is -2.09. The van der Waals surface area contributed by atoms with Crippen LogP contribution in [0, 0.1) is 12.7 Å². The van der Waals surface area contributed by atoms with E-state index in [-0.39, 0.29) is 16.9 Å². The lowest BCUT2D eigenvalue weighted by Gasteiger charge is -2.08. The lowest BCUT2D eigenvalue weighted by molar-refractivity contribution is -0.131. The molecule has 7 heteroatoms. The van der Waals surface area contributed by atoms with E-state index in [1.165, 1.54) is 19.2 Å². The Bertz CT molecular complexity index is 979. The van der Waals surface area contributed by atoms with Crippen LogP contribution in [0.1, 0.15) is 28.5 Å². The number of carbonyl (C=O) groups excluding carboxylic acids is 2. The van der Waals surface area contributed by atoms with Gasteiger partial charge in [0, 0.05) is 31.1 Å². The summed E-state index contributed by atoms with van der Waals surface area (Å²) in [5.74, 6) is -1.66. The SMILES string of the molecule is CC(=O)Oc1ccc(F)cc1C(=O)c1cnc2c(c1)c(C)nn2C. The first-order valence-corrected chi connectivity index (χ1v) is 7.19. The Hall–Kier alpha value is -3.09. The number of halogens is 1. The van der Waals surface area contributed by atoms with Crippen molar-refractivity contribution >= 4 is 22.8 Å². The highest BCUT2D eigenvalue weighted by Gasteiger charge is 2.19. The van der Waals surface area contributed by atoms with E-state index in [2.05, 4.69) is 10.1 Å². The predicted molar refractivity (Wildman–Crippen MR) is 84.4 cm³/mol. The molecule has 2 aromatic heterocycles. The van der Waals surface area contributed by atoms with Gasteiger partial charge in [-0.15, -0.1) is 0 Å². The largest absolute Gasteiger partial charge is 0.426 e. The number of hydrogen-bond acceptors (Lipinski definition) is 5. The Balaban J connectivity index is 2.10. The first-order chi connectivity index (χ1) is 11.4. The number of aryl methyl sites for hydroxylation is 2. The van der Waals surface area contributed by atoms with Crippen molar-refractivity contribution in [2.75, 3.05) is 0 Å². The second-order valence-electron chi connectivity index (χ2n) is 5.37. The fourth-order valence-corrected chi connectivity index (χ4v) is 2.51. The quantitative estimate of drug-likeness (QED) is 0.420. The average molecular weight is 327 g/mol. The van der Waals surface area contributed by atoms with Crippen LogP contribution in [0.2, 0.25) is 0 Å². The van der Waals surface area contributed by atoms with Gasteiger partial charge in [-0.1, -0.05) is 0 Å². The predicted octanol–water partition coefficient (Wildman–Crippen LogP) is 2.57. The lowest BCUT2D eigenvalue weighted by atomic mass is 10.0. The van der Waals surface area contributed by atoms with Crippen molar-refractivity contribution in [2.45, 2.75) is 13.8 Å². The van der Waals surface area contributed by atoms with Crippen molar-refractivity contribution in [3.05, 3.63) is 53.1 Å². The van der Waals surface area contributed by atoms with Gasteiger partial charge in [-0.2, -0.15) is 5.10 Å². The summed E-state index contributed by atoms with van der Waals surface area (Å²) in [6, 6.07) is 5.07. The molecule has 122 valence electrons. The minimum absolute atomic E-state index is 0.0110. The molecule has 2 heterocycles. The number of rotatable bonds is 3. The first kappa shape index (κ1) is 15.8. The maximum Gasteiger partial charge on any atom is 0.308 e. The number of carbonyl (C=O) groups is 2. The zero-order chi connectivity index (χ0) is 17.4. The molecule has 24 heavy (non-hydrogen) atoms. The molecule has 0 saturated heterocycles. The Kier molecular flexibility index (Phi) is 3.84. The smallest absolute Gasteiger partial charge is 0.308 e. The second-order valence-corrected chi connectivity index (χ2v) is 5.37. The standard InChI is InChI=1S/C17H14FN3O3/c1-9-13-6-11(8-19-17(13)21(3)20-9)16(23)14-7-12(18)4-5-15(14)24-10(2)22/h4-8H,1-3H3. The summed E-state index contributed by atoms with van der Waals surface area (Å²) >= 11 is 0. The van der Waals surface area contributed by atoms with Gasteiger partial charge in [0.05, 0.1) is 11.3 Å². The van der Waals surface area contributed by atoms with Crippen molar-refractivity contribution in [3.63, 3.8) is 0 Å². The van der Waals surface area contributed by atoms with Crippen LogP contribution < -0.4 is 4.74 Å². The molecular weight excluding hydrogens is 313 g/mol. The minimum Gasteiger partial charge on any atom is -0.426 e.